The summed E-state index contributed by atoms with van der Waals surface area (Å²) < 4.78 is 0. The highest BCUT2D eigenvalue weighted by Crippen LogP contribution is 2.03. The van der Waals surface area contributed by atoms with Crippen LogP contribution >= 0.6 is 0 Å². The first-order valence-corrected chi connectivity index (χ1v) is 4.96. The van der Waals surface area contributed by atoms with Crippen molar-refractivity contribution in [1.82, 2.24) is 5.32 Å². The molecule has 0 radical (unpaired) electrons. The Bertz CT molecular complexity index is 185. The minimum absolute atomic E-state index is 0.114. The van der Waals surface area contributed by atoms with Crippen LogP contribution in [0.1, 0.15) is 34.1 Å². The topological polar surface area (TPSA) is 75.3 Å². The molecule has 0 aromatic carbocycles. The molecule has 4 nitrogen and oxygen atoms in total. The lowest BCUT2D eigenvalue weighted by atomic mass is 10.0. The Hall–Kier alpha value is -0.610. The first-order chi connectivity index (χ1) is 6.22. The summed E-state index contributed by atoms with van der Waals surface area (Å²) in [6, 6.07) is 0. The first kappa shape index (κ1) is 13.4. The highest BCUT2D eigenvalue weighted by atomic mass is 16.3. The van der Waals surface area contributed by atoms with Crippen LogP contribution in [0.15, 0.2) is 0 Å². The molecular weight excluding hydrogens is 180 g/mol. The van der Waals surface area contributed by atoms with Gasteiger partial charge in [0.15, 0.2) is 0 Å². The molecule has 4 heteroatoms. The van der Waals surface area contributed by atoms with Crippen LogP contribution in [0.3, 0.4) is 0 Å². The van der Waals surface area contributed by atoms with Gasteiger partial charge in [-0.25, -0.2) is 0 Å². The van der Waals surface area contributed by atoms with E-state index in [0.29, 0.717) is 6.54 Å². The number of carbonyl (C=O) groups excluding carboxylic acids is 1. The van der Waals surface area contributed by atoms with Crippen molar-refractivity contribution < 1.29 is 9.90 Å². The van der Waals surface area contributed by atoms with Gasteiger partial charge in [-0.15, -0.1) is 0 Å². The van der Waals surface area contributed by atoms with Crippen LogP contribution in [0.5, 0.6) is 0 Å². The average molecular weight is 202 g/mol. The molecular formula is C10H22N2O2. The smallest absolute Gasteiger partial charge is 0.221 e. The molecule has 4 N–H and O–H groups in total. The number of nitrogens with two attached hydrogens (primary N) is 1. The lowest BCUT2D eigenvalue weighted by Crippen LogP contribution is -2.41. The van der Waals surface area contributed by atoms with E-state index >= 15 is 0 Å². The molecule has 0 aliphatic rings. The van der Waals surface area contributed by atoms with Gasteiger partial charge in [-0.1, -0.05) is 13.8 Å². The van der Waals surface area contributed by atoms with E-state index in [4.69, 9.17) is 5.73 Å². The highest BCUT2D eigenvalue weighted by Gasteiger charge is 2.17. The number of amides is 1. The van der Waals surface area contributed by atoms with Crippen LogP contribution in [0, 0.1) is 5.92 Å². The predicted octanol–water partition coefficient (Wildman–Crippen LogP) is 0.247. The van der Waals surface area contributed by atoms with Gasteiger partial charge in [-0.2, -0.15) is 0 Å². The molecule has 0 aromatic heterocycles. The van der Waals surface area contributed by atoms with Gasteiger partial charge in [0.1, 0.15) is 0 Å². The molecule has 0 saturated heterocycles. The predicted molar refractivity (Wildman–Crippen MR) is 56.7 cm³/mol. The van der Waals surface area contributed by atoms with Crippen molar-refractivity contribution in [3.63, 3.8) is 0 Å². The molecule has 1 atom stereocenters. The normalized spacial score (nSPS) is 14.2. The number of carbonyl (C=O) groups is 1. The van der Waals surface area contributed by atoms with E-state index < -0.39 is 11.6 Å². The van der Waals surface area contributed by atoms with Crippen LogP contribution < -0.4 is 11.1 Å². The van der Waals surface area contributed by atoms with Gasteiger partial charge in [-0.3, -0.25) is 4.79 Å². The fourth-order valence-corrected chi connectivity index (χ4v) is 0.930. The van der Waals surface area contributed by atoms with Crippen molar-refractivity contribution in [2.45, 2.75) is 45.8 Å². The maximum atomic E-state index is 11.3. The van der Waals surface area contributed by atoms with Crippen molar-refractivity contribution in [1.29, 1.82) is 0 Å². The van der Waals surface area contributed by atoms with Crippen LogP contribution in [-0.4, -0.2) is 29.2 Å². The summed E-state index contributed by atoms with van der Waals surface area (Å²) in [5, 5.41) is 12.1. The standard InChI is InChI=1S/C10H22N2O2/c1-7(2)8(13)6-12-9(14)5-10(3,4)11/h7-8,13H,5-6,11H2,1-4H3,(H,12,14). The Morgan fingerprint density at radius 1 is 1.50 bits per heavy atom. The molecule has 0 aromatic rings. The van der Waals surface area contributed by atoms with E-state index in [1.807, 2.05) is 13.8 Å². The van der Waals surface area contributed by atoms with E-state index in [2.05, 4.69) is 5.32 Å². The van der Waals surface area contributed by atoms with Crippen LogP contribution in [-0.2, 0) is 4.79 Å². The van der Waals surface area contributed by atoms with Gasteiger partial charge >= 0.3 is 0 Å². The summed E-state index contributed by atoms with van der Waals surface area (Å²) in [6.45, 7) is 7.71. The maximum absolute atomic E-state index is 11.3. The fourth-order valence-electron chi connectivity index (χ4n) is 0.930. The van der Waals surface area contributed by atoms with Gasteiger partial charge in [-0.05, 0) is 19.8 Å². The van der Waals surface area contributed by atoms with Gasteiger partial charge < -0.3 is 16.2 Å². The van der Waals surface area contributed by atoms with Crippen LogP contribution in [0.2, 0.25) is 0 Å². The number of hydrogen-bond donors (Lipinski definition) is 3. The van der Waals surface area contributed by atoms with Gasteiger partial charge in [0, 0.05) is 18.5 Å². The Morgan fingerprint density at radius 3 is 2.36 bits per heavy atom. The minimum atomic E-state index is -0.493. The van der Waals surface area contributed by atoms with Crippen molar-refractivity contribution in [3.8, 4) is 0 Å². The molecule has 0 saturated carbocycles. The number of rotatable bonds is 5. The second-order valence-corrected chi connectivity index (χ2v) is 4.78. The molecule has 1 unspecified atom stereocenters. The average Bonchev–Trinajstić information content (AvgIpc) is 1.96. The van der Waals surface area contributed by atoms with E-state index in [1.165, 1.54) is 0 Å². The van der Waals surface area contributed by atoms with Crippen molar-refractivity contribution in [2.24, 2.45) is 11.7 Å². The molecule has 0 fully saturated rings. The highest BCUT2D eigenvalue weighted by molar-refractivity contribution is 5.77. The minimum Gasteiger partial charge on any atom is -0.391 e. The Balaban J connectivity index is 3.75. The number of hydrogen-bond acceptors (Lipinski definition) is 3. The SMILES string of the molecule is CC(C)C(O)CNC(=O)CC(C)(C)N. The number of nitrogens with one attached hydrogen (secondary N) is 1. The van der Waals surface area contributed by atoms with Crippen molar-refractivity contribution >= 4 is 5.91 Å². The first-order valence-electron chi connectivity index (χ1n) is 4.96. The second kappa shape index (κ2) is 5.32. The number of aliphatic hydroxyl groups excluding tert-OH is 1. The lowest BCUT2D eigenvalue weighted by molar-refractivity contribution is -0.122. The molecule has 0 spiro atoms. The Morgan fingerprint density at radius 2 is 2.00 bits per heavy atom. The molecule has 1 amide bonds. The second-order valence-electron chi connectivity index (χ2n) is 4.78. The monoisotopic (exact) mass is 202 g/mol. The molecule has 14 heavy (non-hydrogen) atoms. The van der Waals surface area contributed by atoms with Crippen molar-refractivity contribution in [2.75, 3.05) is 6.54 Å². The fraction of sp³-hybridized carbons (Fsp3) is 0.900. The maximum Gasteiger partial charge on any atom is 0.221 e. The third-order valence-corrected chi connectivity index (χ3v) is 1.89. The summed E-state index contributed by atoms with van der Waals surface area (Å²) in [5.74, 6) is 0.0402. The molecule has 0 heterocycles. The van der Waals surface area contributed by atoms with Gasteiger partial charge in [0.2, 0.25) is 5.91 Å². The van der Waals surface area contributed by atoms with E-state index in [9.17, 15) is 9.90 Å². The zero-order valence-corrected chi connectivity index (χ0v) is 9.50. The van der Waals surface area contributed by atoms with Crippen LogP contribution in [0.25, 0.3) is 0 Å². The van der Waals surface area contributed by atoms with Gasteiger partial charge in [0.05, 0.1) is 6.10 Å². The summed E-state index contributed by atoms with van der Waals surface area (Å²) in [6.07, 6.45) is -0.211. The molecule has 0 bridgehead atoms. The third-order valence-electron chi connectivity index (χ3n) is 1.89. The van der Waals surface area contributed by atoms with Crippen molar-refractivity contribution in [3.05, 3.63) is 0 Å². The molecule has 0 rings (SSSR count). The van der Waals surface area contributed by atoms with Crippen LogP contribution in [0.4, 0.5) is 0 Å². The summed E-state index contributed by atoms with van der Waals surface area (Å²) in [5.41, 5.74) is 5.19. The summed E-state index contributed by atoms with van der Waals surface area (Å²) in [4.78, 5) is 11.3. The molecule has 84 valence electrons. The zero-order chi connectivity index (χ0) is 11.4. The van der Waals surface area contributed by atoms with Gasteiger partial charge in [0.25, 0.3) is 0 Å². The third kappa shape index (κ3) is 6.86. The number of aliphatic hydroxyl groups is 1. The summed E-state index contributed by atoms with van der Waals surface area (Å²) in [7, 11) is 0. The summed E-state index contributed by atoms with van der Waals surface area (Å²) >= 11 is 0. The lowest BCUT2D eigenvalue weighted by Gasteiger charge is -2.19. The van der Waals surface area contributed by atoms with E-state index in [0.717, 1.165) is 0 Å². The Labute approximate surface area is 85.9 Å². The van der Waals surface area contributed by atoms with E-state index in [1.54, 1.807) is 13.8 Å². The Kier molecular flexibility index (Phi) is 5.08. The molecule has 0 aliphatic carbocycles. The molecule has 0 aliphatic heterocycles. The van der Waals surface area contributed by atoms with E-state index in [-0.39, 0.29) is 18.2 Å². The largest absolute Gasteiger partial charge is 0.391 e. The zero-order valence-electron chi connectivity index (χ0n) is 9.50. The quantitative estimate of drug-likeness (QED) is 0.598.